The van der Waals surface area contributed by atoms with Gasteiger partial charge in [-0.3, -0.25) is 0 Å². The van der Waals surface area contributed by atoms with Crippen molar-refractivity contribution in [1.82, 2.24) is 0 Å². The minimum atomic E-state index is -0.521. The maximum absolute atomic E-state index is 13.1. The van der Waals surface area contributed by atoms with Gasteiger partial charge in [0.15, 0.2) is 5.05 Å². The minimum absolute atomic E-state index is 0.0658. The van der Waals surface area contributed by atoms with Crippen molar-refractivity contribution in [1.29, 1.82) is 0 Å². The van der Waals surface area contributed by atoms with E-state index >= 15 is 0 Å². The molecule has 0 aliphatic rings. The summed E-state index contributed by atoms with van der Waals surface area (Å²) in [4.78, 5) is 0. The zero-order valence-corrected chi connectivity index (χ0v) is 11.4. The predicted octanol–water partition coefficient (Wildman–Crippen LogP) is 3.60. The maximum Gasteiger partial charge on any atom is 0.164 e. The molecule has 1 aromatic rings. The summed E-state index contributed by atoms with van der Waals surface area (Å²) in [7, 11) is 0. The van der Waals surface area contributed by atoms with E-state index in [1.807, 2.05) is 13.8 Å². The van der Waals surface area contributed by atoms with E-state index in [9.17, 15) is 4.39 Å². The lowest BCUT2D eigenvalue weighted by atomic mass is 10.1. The molecule has 0 aliphatic carbocycles. The smallest absolute Gasteiger partial charge is 0.164 e. The van der Waals surface area contributed by atoms with Crippen LogP contribution in [0.4, 0.5) is 10.1 Å². The van der Waals surface area contributed by atoms with E-state index in [4.69, 9.17) is 34.3 Å². The summed E-state index contributed by atoms with van der Waals surface area (Å²) in [5, 5.41) is 0.749. The summed E-state index contributed by atoms with van der Waals surface area (Å²) >= 11 is 11.0. The summed E-state index contributed by atoms with van der Waals surface area (Å²) in [5.74, 6) is -0.116. The summed E-state index contributed by atoms with van der Waals surface area (Å²) in [6, 6.07) is 2.68. The number of hydrogen-bond acceptors (Lipinski definition) is 3. The molecule has 0 amide bonds. The summed E-state index contributed by atoms with van der Waals surface area (Å²) < 4.78 is 18.4. The number of nitrogens with two attached hydrogens (primary N) is 1. The molecule has 0 aliphatic heterocycles. The first-order valence-electron chi connectivity index (χ1n) is 5.29. The first-order valence-corrected chi connectivity index (χ1v) is 6.07. The Morgan fingerprint density at radius 2 is 2.18 bits per heavy atom. The van der Waals surface area contributed by atoms with Crippen LogP contribution < -0.4 is 5.73 Å². The van der Waals surface area contributed by atoms with Gasteiger partial charge in [-0.1, -0.05) is 25.4 Å². The Labute approximate surface area is 111 Å². The molecule has 5 heteroatoms. The van der Waals surface area contributed by atoms with Gasteiger partial charge in [0.2, 0.25) is 0 Å². The average Bonchev–Trinajstić information content (AvgIpc) is 2.23. The Bertz CT molecular complexity index is 423. The molecule has 1 rings (SSSR count). The average molecular weight is 276 g/mol. The van der Waals surface area contributed by atoms with Gasteiger partial charge in [-0.25, -0.2) is 4.39 Å². The molecule has 0 fully saturated rings. The fourth-order valence-electron chi connectivity index (χ4n) is 1.21. The van der Waals surface area contributed by atoms with Crippen molar-refractivity contribution in [2.75, 3.05) is 12.3 Å². The number of ether oxygens (including phenoxy) is 1. The van der Waals surface area contributed by atoms with E-state index in [0.717, 1.165) is 0 Å². The van der Waals surface area contributed by atoms with E-state index in [0.29, 0.717) is 34.6 Å². The molecule has 2 nitrogen and oxygen atoms in total. The molecule has 17 heavy (non-hydrogen) atoms. The Balaban J connectivity index is 2.68. The highest BCUT2D eigenvalue weighted by Crippen LogP contribution is 2.23. The normalized spacial score (nSPS) is 10.6. The molecule has 0 saturated heterocycles. The van der Waals surface area contributed by atoms with Crippen LogP contribution in [0, 0.1) is 11.7 Å². The van der Waals surface area contributed by atoms with Crippen molar-refractivity contribution >= 4 is 34.6 Å². The SMILES string of the molecule is CC(C)COC(=S)Cc1cc(N)c(F)cc1Cl. The molecule has 0 saturated carbocycles. The third kappa shape index (κ3) is 4.48. The van der Waals surface area contributed by atoms with Gasteiger partial charge in [0.25, 0.3) is 0 Å². The van der Waals surface area contributed by atoms with Gasteiger partial charge in [0, 0.05) is 11.4 Å². The van der Waals surface area contributed by atoms with Crippen molar-refractivity contribution in [2.45, 2.75) is 20.3 Å². The quantitative estimate of drug-likeness (QED) is 0.674. The topological polar surface area (TPSA) is 35.2 Å². The Morgan fingerprint density at radius 3 is 2.76 bits per heavy atom. The van der Waals surface area contributed by atoms with Gasteiger partial charge >= 0.3 is 0 Å². The number of halogens is 2. The summed E-state index contributed by atoms with van der Waals surface area (Å²) in [6.07, 6.45) is 0.366. The van der Waals surface area contributed by atoms with E-state index in [-0.39, 0.29) is 5.69 Å². The summed E-state index contributed by atoms with van der Waals surface area (Å²) in [6.45, 7) is 4.63. The fraction of sp³-hybridized carbons (Fsp3) is 0.417. The van der Waals surface area contributed by atoms with Crippen LogP contribution in [0.25, 0.3) is 0 Å². The second kappa shape index (κ2) is 6.17. The van der Waals surface area contributed by atoms with Crippen molar-refractivity contribution in [3.63, 3.8) is 0 Å². The highest BCUT2D eigenvalue weighted by Gasteiger charge is 2.09. The molecule has 0 spiro atoms. The van der Waals surface area contributed by atoms with Gasteiger partial charge in [0.05, 0.1) is 12.3 Å². The number of rotatable bonds is 4. The van der Waals surface area contributed by atoms with E-state index in [2.05, 4.69) is 0 Å². The van der Waals surface area contributed by atoms with Gasteiger partial charge in [0.1, 0.15) is 5.82 Å². The number of benzene rings is 1. The fourth-order valence-corrected chi connectivity index (χ4v) is 1.66. The third-order valence-corrected chi connectivity index (χ3v) is 2.69. The number of hydrogen-bond donors (Lipinski definition) is 1. The van der Waals surface area contributed by atoms with Gasteiger partial charge in [-0.05, 0) is 35.8 Å². The zero-order chi connectivity index (χ0) is 13.0. The van der Waals surface area contributed by atoms with Crippen LogP contribution in [-0.2, 0) is 11.2 Å². The number of thiocarbonyl (C=S) groups is 1. The Morgan fingerprint density at radius 1 is 1.53 bits per heavy atom. The van der Waals surface area contributed by atoms with Crippen molar-refractivity contribution in [3.8, 4) is 0 Å². The number of nitrogen functional groups attached to an aromatic ring is 1. The lowest BCUT2D eigenvalue weighted by Crippen LogP contribution is -2.11. The third-order valence-electron chi connectivity index (χ3n) is 2.08. The lowest BCUT2D eigenvalue weighted by molar-refractivity contribution is 0.260. The molecule has 0 aromatic heterocycles. The highest BCUT2D eigenvalue weighted by molar-refractivity contribution is 7.80. The Kier molecular flexibility index (Phi) is 5.15. The molecule has 0 heterocycles. The molecule has 0 radical (unpaired) electrons. The van der Waals surface area contributed by atoms with Crippen molar-refractivity contribution < 1.29 is 9.13 Å². The standard InChI is InChI=1S/C12H15ClFNOS/c1-7(2)6-16-12(17)4-8-3-11(15)10(14)5-9(8)13/h3,5,7H,4,6,15H2,1-2H3. The predicted molar refractivity (Wildman–Crippen MR) is 72.9 cm³/mol. The first-order chi connectivity index (χ1) is 7.90. The molecular weight excluding hydrogens is 261 g/mol. The molecule has 0 bridgehead atoms. The van der Waals surface area contributed by atoms with E-state index in [1.165, 1.54) is 12.1 Å². The molecule has 0 unspecified atom stereocenters. The molecule has 1 aromatic carbocycles. The van der Waals surface area contributed by atoms with Crippen LogP contribution in [0.5, 0.6) is 0 Å². The van der Waals surface area contributed by atoms with Crippen LogP contribution in [0.1, 0.15) is 19.4 Å². The second-order valence-corrected chi connectivity index (χ2v) is 5.08. The molecule has 0 atom stereocenters. The van der Waals surface area contributed by atoms with Crippen LogP contribution in [0.15, 0.2) is 12.1 Å². The monoisotopic (exact) mass is 275 g/mol. The highest BCUT2D eigenvalue weighted by atomic mass is 35.5. The van der Waals surface area contributed by atoms with E-state index < -0.39 is 5.82 Å². The van der Waals surface area contributed by atoms with Crippen LogP contribution in [0.3, 0.4) is 0 Å². The van der Waals surface area contributed by atoms with Crippen LogP contribution >= 0.6 is 23.8 Å². The van der Waals surface area contributed by atoms with Gasteiger partial charge < -0.3 is 10.5 Å². The van der Waals surface area contributed by atoms with Gasteiger partial charge in [-0.2, -0.15) is 0 Å². The lowest BCUT2D eigenvalue weighted by Gasteiger charge is -2.11. The zero-order valence-electron chi connectivity index (χ0n) is 9.80. The van der Waals surface area contributed by atoms with Crippen LogP contribution in [-0.4, -0.2) is 11.7 Å². The van der Waals surface area contributed by atoms with E-state index in [1.54, 1.807) is 0 Å². The number of anilines is 1. The minimum Gasteiger partial charge on any atom is -0.486 e. The maximum atomic E-state index is 13.1. The van der Waals surface area contributed by atoms with Crippen LogP contribution in [0.2, 0.25) is 5.02 Å². The molecule has 94 valence electrons. The second-order valence-electron chi connectivity index (χ2n) is 4.22. The van der Waals surface area contributed by atoms with Gasteiger partial charge in [-0.15, -0.1) is 0 Å². The molecule has 2 N–H and O–H groups in total. The first kappa shape index (κ1) is 14.2. The summed E-state index contributed by atoms with van der Waals surface area (Å²) in [5.41, 5.74) is 6.22. The van der Waals surface area contributed by atoms with Crippen molar-refractivity contribution in [2.24, 2.45) is 5.92 Å². The largest absolute Gasteiger partial charge is 0.486 e. The molecular formula is C12H15ClFNOS. The van der Waals surface area contributed by atoms with Crippen molar-refractivity contribution in [3.05, 3.63) is 28.5 Å². The Hall–Kier alpha value is -0.870.